The SMILES string of the molecule is OCc1cc(CNC2CCc3ccccc32)ccc1F. The van der Waals surface area contributed by atoms with Crippen molar-refractivity contribution in [3.63, 3.8) is 0 Å². The van der Waals surface area contributed by atoms with E-state index in [0.29, 0.717) is 18.2 Å². The van der Waals surface area contributed by atoms with Gasteiger partial charge in [-0.15, -0.1) is 0 Å². The van der Waals surface area contributed by atoms with E-state index in [1.807, 2.05) is 0 Å². The summed E-state index contributed by atoms with van der Waals surface area (Å²) < 4.78 is 13.3. The first-order valence-corrected chi connectivity index (χ1v) is 6.97. The summed E-state index contributed by atoms with van der Waals surface area (Å²) >= 11 is 0. The molecule has 2 N–H and O–H groups in total. The van der Waals surface area contributed by atoms with Gasteiger partial charge in [-0.2, -0.15) is 0 Å². The van der Waals surface area contributed by atoms with Gasteiger partial charge >= 0.3 is 0 Å². The lowest BCUT2D eigenvalue weighted by atomic mass is 10.1. The van der Waals surface area contributed by atoms with E-state index in [2.05, 4.69) is 29.6 Å². The summed E-state index contributed by atoms with van der Waals surface area (Å²) in [4.78, 5) is 0. The zero-order chi connectivity index (χ0) is 13.9. The van der Waals surface area contributed by atoms with Gasteiger partial charge in [0.05, 0.1) is 6.61 Å². The number of nitrogens with one attached hydrogen (secondary N) is 1. The fraction of sp³-hybridized carbons (Fsp3) is 0.294. The first kappa shape index (κ1) is 13.3. The number of aryl methyl sites for hydroxylation is 1. The lowest BCUT2D eigenvalue weighted by Gasteiger charge is -2.14. The molecule has 1 aliphatic carbocycles. The summed E-state index contributed by atoms with van der Waals surface area (Å²) in [5.41, 5.74) is 4.15. The van der Waals surface area contributed by atoms with Crippen molar-refractivity contribution in [2.24, 2.45) is 0 Å². The predicted octanol–water partition coefficient (Wildman–Crippen LogP) is 3.10. The van der Waals surface area contributed by atoms with Crippen molar-refractivity contribution in [2.45, 2.75) is 32.0 Å². The minimum atomic E-state index is -0.345. The van der Waals surface area contributed by atoms with Crippen LogP contribution in [0.15, 0.2) is 42.5 Å². The van der Waals surface area contributed by atoms with E-state index >= 15 is 0 Å². The summed E-state index contributed by atoms with van der Waals surface area (Å²) in [5, 5.41) is 12.6. The van der Waals surface area contributed by atoms with E-state index in [9.17, 15) is 4.39 Å². The average molecular weight is 271 g/mol. The number of halogens is 1. The van der Waals surface area contributed by atoms with Crippen LogP contribution in [-0.4, -0.2) is 5.11 Å². The van der Waals surface area contributed by atoms with Gasteiger partial charge in [0.2, 0.25) is 0 Å². The molecule has 1 atom stereocenters. The Morgan fingerprint density at radius 3 is 2.90 bits per heavy atom. The molecule has 0 aliphatic heterocycles. The number of rotatable bonds is 4. The molecule has 2 nitrogen and oxygen atoms in total. The summed E-state index contributed by atoms with van der Waals surface area (Å²) in [6.07, 6.45) is 2.21. The largest absolute Gasteiger partial charge is 0.392 e. The van der Waals surface area contributed by atoms with Crippen LogP contribution in [0.4, 0.5) is 4.39 Å². The number of hydrogen-bond donors (Lipinski definition) is 2. The highest BCUT2D eigenvalue weighted by molar-refractivity contribution is 5.34. The molecule has 20 heavy (non-hydrogen) atoms. The molecular weight excluding hydrogens is 253 g/mol. The number of aliphatic hydroxyl groups is 1. The van der Waals surface area contributed by atoms with Crippen LogP contribution in [0.3, 0.4) is 0 Å². The molecule has 2 aromatic rings. The Morgan fingerprint density at radius 1 is 1.20 bits per heavy atom. The van der Waals surface area contributed by atoms with Gasteiger partial charge in [0.1, 0.15) is 5.82 Å². The van der Waals surface area contributed by atoms with Gasteiger partial charge in [-0.3, -0.25) is 0 Å². The standard InChI is InChI=1S/C17H18FNO/c18-16-7-5-12(9-14(16)11-20)10-19-17-8-6-13-3-1-2-4-15(13)17/h1-5,7,9,17,19-20H,6,8,10-11H2. The normalized spacial score (nSPS) is 17.2. The van der Waals surface area contributed by atoms with Crippen LogP contribution in [0.5, 0.6) is 0 Å². The van der Waals surface area contributed by atoms with Crippen LogP contribution in [0, 0.1) is 5.82 Å². The molecule has 0 fully saturated rings. The molecule has 0 saturated heterocycles. The van der Waals surface area contributed by atoms with Gasteiger partial charge in [0.25, 0.3) is 0 Å². The Balaban J connectivity index is 1.69. The third-order valence-electron chi connectivity index (χ3n) is 3.97. The minimum Gasteiger partial charge on any atom is -0.392 e. The molecule has 0 heterocycles. The maximum atomic E-state index is 13.3. The van der Waals surface area contributed by atoms with Crippen LogP contribution >= 0.6 is 0 Å². The van der Waals surface area contributed by atoms with Crippen molar-refractivity contribution in [3.8, 4) is 0 Å². The fourth-order valence-electron chi connectivity index (χ4n) is 2.87. The zero-order valence-electron chi connectivity index (χ0n) is 11.3. The summed E-state index contributed by atoms with van der Waals surface area (Å²) in [5.74, 6) is -0.345. The van der Waals surface area contributed by atoms with Crippen molar-refractivity contribution in [2.75, 3.05) is 0 Å². The van der Waals surface area contributed by atoms with Gasteiger partial charge in [-0.1, -0.05) is 30.3 Å². The third kappa shape index (κ3) is 2.60. The second-order valence-electron chi connectivity index (χ2n) is 5.25. The number of hydrogen-bond acceptors (Lipinski definition) is 2. The maximum absolute atomic E-state index is 13.3. The second-order valence-corrected chi connectivity index (χ2v) is 5.25. The van der Waals surface area contributed by atoms with Crippen molar-refractivity contribution in [3.05, 3.63) is 70.5 Å². The predicted molar refractivity (Wildman–Crippen MR) is 76.7 cm³/mol. The molecule has 1 unspecified atom stereocenters. The van der Waals surface area contributed by atoms with Crippen molar-refractivity contribution < 1.29 is 9.50 Å². The lowest BCUT2D eigenvalue weighted by Crippen LogP contribution is -2.18. The Hall–Kier alpha value is -1.71. The van der Waals surface area contributed by atoms with E-state index in [1.54, 1.807) is 12.1 Å². The monoisotopic (exact) mass is 271 g/mol. The smallest absolute Gasteiger partial charge is 0.128 e. The van der Waals surface area contributed by atoms with Gasteiger partial charge in [-0.05, 0) is 41.7 Å². The molecule has 3 heteroatoms. The fourth-order valence-corrected chi connectivity index (χ4v) is 2.87. The molecule has 0 aromatic heterocycles. The molecule has 0 spiro atoms. The van der Waals surface area contributed by atoms with Crippen LogP contribution < -0.4 is 5.32 Å². The molecule has 0 saturated carbocycles. The number of fused-ring (bicyclic) bond motifs is 1. The molecule has 0 amide bonds. The summed E-state index contributed by atoms with van der Waals surface area (Å²) in [6, 6.07) is 13.8. The molecule has 104 valence electrons. The zero-order valence-corrected chi connectivity index (χ0v) is 11.3. The van der Waals surface area contributed by atoms with Crippen LogP contribution in [0.1, 0.15) is 34.7 Å². The third-order valence-corrected chi connectivity index (χ3v) is 3.97. The number of aliphatic hydroxyl groups excluding tert-OH is 1. The quantitative estimate of drug-likeness (QED) is 0.895. The minimum absolute atomic E-state index is 0.258. The molecule has 0 radical (unpaired) electrons. The van der Waals surface area contributed by atoms with Crippen LogP contribution in [0.25, 0.3) is 0 Å². The Labute approximate surface area is 118 Å². The van der Waals surface area contributed by atoms with E-state index in [-0.39, 0.29) is 12.4 Å². The van der Waals surface area contributed by atoms with Gasteiger partial charge < -0.3 is 10.4 Å². The average Bonchev–Trinajstić information content (AvgIpc) is 2.90. The first-order chi connectivity index (χ1) is 9.78. The molecular formula is C17H18FNO. The maximum Gasteiger partial charge on any atom is 0.128 e. The van der Waals surface area contributed by atoms with Crippen molar-refractivity contribution in [1.82, 2.24) is 5.32 Å². The van der Waals surface area contributed by atoms with Gasteiger partial charge in [-0.25, -0.2) is 4.39 Å². The summed E-state index contributed by atoms with van der Waals surface area (Å²) in [7, 11) is 0. The Kier molecular flexibility index (Phi) is 3.81. The molecule has 2 aromatic carbocycles. The topological polar surface area (TPSA) is 32.3 Å². The second kappa shape index (κ2) is 5.73. The highest BCUT2D eigenvalue weighted by Gasteiger charge is 2.21. The van der Waals surface area contributed by atoms with E-state index < -0.39 is 0 Å². The first-order valence-electron chi connectivity index (χ1n) is 6.97. The highest BCUT2D eigenvalue weighted by Crippen LogP contribution is 2.30. The number of benzene rings is 2. The van der Waals surface area contributed by atoms with Gasteiger partial charge in [0, 0.05) is 18.2 Å². The van der Waals surface area contributed by atoms with E-state index in [1.165, 1.54) is 17.2 Å². The Bertz CT molecular complexity index is 612. The summed E-state index contributed by atoms with van der Waals surface area (Å²) in [6.45, 7) is 0.429. The van der Waals surface area contributed by atoms with Crippen molar-refractivity contribution in [1.29, 1.82) is 0 Å². The molecule has 1 aliphatic rings. The lowest BCUT2D eigenvalue weighted by molar-refractivity contribution is 0.275. The van der Waals surface area contributed by atoms with Crippen molar-refractivity contribution >= 4 is 0 Å². The van der Waals surface area contributed by atoms with Crippen LogP contribution in [-0.2, 0) is 19.6 Å². The highest BCUT2D eigenvalue weighted by atomic mass is 19.1. The van der Waals surface area contributed by atoms with Gasteiger partial charge in [0.15, 0.2) is 0 Å². The van der Waals surface area contributed by atoms with E-state index in [4.69, 9.17) is 5.11 Å². The molecule has 0 bridgehead atoms. The Morgan fingerprint density at radius 2 is 2.05 bits per heavy atom. The van der Waals surface area contributed by atoms with E-state index in [0.717, 1.165) is 18.4 Å². The molecule has 3 rings (SSSR count). The van der Waals surface area contributed by atoms with Crippen LogP contribution in [0.2, 0.25) is 0 Å².